The summed E-state index contributed by atoms with van der Waals surface area (Å²) in [6, 6.07) is 3.52. The average molecular weight is 287 g/mol. The van der Waals surface area contributed by atoms with E-state index in [0.29, 0.717) is 18.0 Å². The van der Waals surface area contributed by atoms with Crippen molar-refractivity contribution >= 4 is 27.3 Å². The lowest BCUT2D eigenvalue weighted by Gasteiger charge is -2.33. The van der Waals surface area contributed by atoms with E-state index in [1.54, 1.807) is 30.1 Å². The molecule has 0 amide bonds. The minimum absolute atomic E-state index is 0.417. The van der Waals surface area contributed by atoms with Crippen molar-refractivity contribution in [3.8, 4) is 0 Å². The molecule has 7 heteroatoms. The van der Waals surface area contributed by atoms with Gasteiger partial charge in [-0.2, -0.15) is 11.8 Å². The van der Waals surface area contributed by atoms with Gasteiger partial charge in [-0.1, -0.05) is 0 Å². The molecule has 2 heterocycles. The Hall–Kier alpha value is -0.790. The van der Waals surface area contributed by atoms with Gasteiger partial charge in [0.25, 0.3) is 0 Å². The standard InChI is InChI=1S/C11H17N3O2S2/c1-18(15,16)11-8-17-5-4-14(11)7-10-6-9(12)2-3-13-10/h2-3,6,11H,4-5,7-8H2,1H3,(H2,12,13). The lowest BCUT2D eigenvalue weighted by molar-refractivity contribution is 0.259. The smallest absolute Gasteiger partial charge is 0.164 e. The molecular formula is C11H17N3O2S2. The molecule has 100 valence electrons. The largest absolute Gasteiger partial charge is 0.399 e. The molecule has 0 aromatic carbocycles. The molecule has 1 aromatic rings. The van der Waals surface area contributed by atoms with E-state index in [2.05, 4.69) is 4.98 Å². The molecule has 0 bridgehead atoms. The molecule has 5 nitrogen and oxygen atoms in total. The number of nitrogen functional groups attached to an aromatic ring is 1. The number of pyridine rings is 1. The molecule has 2 N–H and O–H groups in total. The van der Waals surface area contributed by atoms with Crippen LogP contribution in [0, 0.1) is 0 Å². The first-order valence-corrected chi connectivity index (χ1v) is 8.79. The molecule has 1 atom stereocenters. The molecule has 2 rings (SSSR count). The van der Waals surface area contributed by atoms with Crippen LogP contribution in [0.15, 0.2) is 18.3 Å². The zero-order valence-corrected chi connectivity index (χ0v) is 11.9. The van der Waals surface area contributed by atoms with E-state index >= 15 is 0 Å². The zero-order valence-electron chi connectivity index (χ0n) is 10.2. The fourth-order valence-electron chi connectivity index (χ4n) is 1.98. The van der Waals surface area contributed by atoms with Crippen LogP contribution >= 0.6 is 11.8 Å². The third-order valence-electron chi connectivity index (χ3n) is 2.89. The summed E-state index contributed by atoms with van der Waals surface area (Å²) in [5, 5.41) is -0.417. The van der Waals surface area contributed by atoms with Crippen molar-refractivity contribution in [3.63, 3.8) is 0 Å². The number of sulfone groups is 1. The summed E-state index contributed by atoms with van der Waals surface area (Å²) in [6.07, 6.45) is 2.95. The van der Waals surface area contributed by atoms with Crippen molar-refractivity contribution in [2.75, 3.05) is 30.0 Å². The number of aromatic nitrogens is 1. The van der Waals surface area contributed by atoms with Gasteiger partial charge in [-0.25, -0.2) is 8.42 Å². The molecule has 0 saturated carbocycles. The quantitative estimate of drug-likeness (QED) is 0.876. The van der Waals surface area contributed by atoms with E-state index in [-0.39, 0.29) is 0 Å². The summed E-state index contributed by atoms with van der Waals surface area (Å²) in [5.74, 6) is 1.58. The second kappa shape index (κ2) is 5.46. The second-order valence-corrected chi connectivity index (χ2v) is 7.76. The van der Waals surface area contributed by atoms with E-state index in [9.17, 15) is 8.42 Å². The lowest BCUT2D eigenvalue weighted by Crippen LogP contribution is -2.46. The van der Waals surface area contributed by atoms with Crippen LogP contribution in [0.25, 0.3) is 0 Å². The summed E-state index contributed by atoms with van der Waals surface area (Å²) in [7, 11) is -3.06. The highest BCUT2D eigenvalue weighted by molar-refractivity contribution is 8.00. The summed E-state index contributed by atoms with van der Waals surface area (Å²) in [4.78, 5) is 6.19. The fourth-order valence-corrected chi connectivity index (χ4v) is 4.92. The highest BCUT2D eigenvalue weighted by atomic mass is 32.2. The molecule has 0 radical (unpaired) electrons. The van der Waals surface area contributed by atoms with Crippen LogP contribution in [0.5, 0.6) is 0 Å². The Kier molecular flexibility index (Phi) is 4.14. The van der Waals surface area contributed by atoms with Crippen LogP contribution in [0.3, 0.4) is 0 Å². The normalized spacial score (nSPS) is 21.9. The SMILES string of the molecule is CS(=O)(=O)C1CSCCN1Cc1cc(N)ccn1. The zero-order chi connectivity index (χ0) is 13.2. The summed E-state index contributed by atoms with van der Waals surface area (Å²) in [5.41, 5.74) is 7.17. The molecule has 1 aliphatic rings. The Morgan fingerprint density at radius 1 is 1.61 bits per heavy atom. The average Bonchev–Trinajstić information content (AvgIpc) is 2.28. The fraction of sp³-hybridized carbons (Fsp3) is 0.545. The molecule has 1 saturated heterocycles. The van der Waals surface area contributed by atoms with Crippen LogP contribution in [-0.2, 0) is 16.4 Å². The highest BCUT2D eigenvalue weighted by Gasteiger charge is 2.30. The van der Waals surface area contributed by atoms with E-state index in [0.717, 1.165) is 18.0 Å². The van der Waals surface area contributed by atoms with Gasteiger partial charge in [-0.05, 0) is 12.1 Å². The molecule has 0 aliphatic carbocycles. The lowest BCUT2D eigenvalue weighted by atomic mass is 10.3. The molecule has 1 aliphatic heterocycles. The summed E-state index contributed by atoms with van der Waals surface area (Å²) < 4.78 is 23.5. The molecule has 1 fully saturated rings. The van der Waals surface area contributed by atoms with Crippen LogP contribution < -0.4 is 5.73 Å². The van der Waals surface area contributed by atoms with Crippen molar-refractivity contribution in [2.24, 2.45) is 0 Å². The van der Waals surface area contributed by atoms with E-state index in [1.807, 2.05) is 4.90 Å². The molecule has 0 spiro atoms. The highest BCUT2D eigenvalue weighted by Crippen LogP contribution is 2.22. The van der Waals surface area contributed by atoms with Gasteiger partial charge in [0.05, 0.1) is 5.69 Å². The monoisotopic (exact) mass is 287 g/mol. The third kappa shape index (κ3) is 3.37. The number of nitrogens with two attached hydrogens (primary N) is 1. The Bertz CT molecular complexity index is 519. The predicted molar refractivity (Wildman–Crippen MR) is 75.0 cm³/mol. The van der Waals surface area contributed by atoms with Gasteiger partial charge in [0.15, 0.2) is 9.84 Å². The van der Waals surface area contributed by atoms with Crippen LogP contribution in [0.1, 0.15) is 5.69 Å². The Balaban J connectivity index is 2.15. The summed E-state index contributed by atoms with van der Waals surface area (Å²) in [6.45, 7) is 1.29. The maximum absolute atomic E-state index is 11.8. The van der Waals surface area contributed by atoms with E-state index in [1.165, 1.54) is 6.26 Å². The van der Waals surface area contributed by atoms with Gasteiger partial charge in [0, 0.05) is 42.7 Å². The van der Waals surface area contributed by atoms with Gasteiger partial charge in [0.1, 0.15) is 5.37 Å². The molecule has 18 heavy (non-hydrogen) atoms. The van der Waals surface area contributed by atoms with E-state index in [4.69, 9.17) is 5.73 Å². The van der Waals surface area contributed by atoms with E-state index < -0.39 is 15.2 Å². The van der Waals surface area contributed by atoms with Crippen molar-refractivity contribution in [1.29, 1.82) is 0 Å². The Morgan fingerprint density at radius 3 is 3.06 bits per heavy atom. The van der Waals surface area contributed by atoms with Gasteiger partial charge in [-0.15, -0.1) is 0 Å². The van der Waals surface area contributed by atoms with Gasteiger partial charge < -0.3 is 5.73 Å². The number of rotatable bonds is 3. The van der Waals surface area contributed by atoms with Crippen LogP contribution in [0.2, 0.25) is 0 Å². The number of hydrogen-bond acceptors (Lipinski definition) is 6. The van der Waals surface area contributed by atoms with Crippen LogP contribution in [-0.4, -0.2) is 48.0 Å². The van der Waals surface area contributed by atoms with Crippen molar-refractivity contribution in [3.05, 3.63) is 24.0 Å². The van der Waals surface area contributed by atoms with Crippen LogP contribution in [0.4, 0.5) is 5.69 Å². The molecule has 1 aromatic heterocycles. The third-order valence-corrected chi connectivity index (χ3v) is 5.58. The maximum atomic E-state index is 11.8. The Morgan fingerprint density at radius 2 is 2.39 bits per heavy atom. The number of anilines is 1. The summed E-state index contributed by atoms with van der Waals surface area (Å²) >= 11 is 1.68. The number of hydrogen-bond donors (Lipinski definition) is 1. The van der Waals surface area contributed by atoms with Crippen molar-refractivity contribution < 1.29 is 8.42 Å². The Labute approximate surface area is 112 Å². The van der Waals surface area contributed by atoms with Crippen molar-refractivity contribution in [2.45, 2.75) is 11.9 Å². The minimum Gasteiger partial charge on any atom is -0.399 e. The maximum Gasteiger partial charge on any atom is 0.164 e. The number of thioether (sulfide) groups is 1. The molecule has 1 unspecified atom stereocenters. The first-order chi connectivity index (χ1) is 8.47. The van der Waals surface area contributed by atoms with Gasteiger partial charge >= 0.3 is 0 Å². The first kappa shape index (κ1) is 13.6. The second-order valence-electron chi connectivity index (χ2n) is 4.41. The predicted octanol–water partition coefficient (Wildman–Crippen LogP) is 0.583. The van der Waals surface area contributed by atoms with Crippen molar-refractivity contribution in [1.82, 2.24) is 9.88 Å². The molecular weight excluding hydrogens is 270 g/mol. The first-order valence-electron chi connectivity index (χ1n) is 5.68. The minimum atomic E-state index is -3.06. The number of nitrogens with zero attached hydrogens (tertiary/aromatic N) is 2. The topological polar surface area (TPSA) is 76.3 Å². The van der Waals surface area contributed by atoms with Gasteiger partial charge in [-0.3, -0.25) is 9.88 Å². The van der Waals surface area contributed by atoms with Gasteiger partial charge in [0.2, 0.25) is 0 Å².